The maximum absolute atomic E-state index is 11.7. The van der Waals surface area contributed by atoms with Gasteiger partial charge in [-0.1, -0.05) is 6.92 Å². The fourth-order valence-corrected chi connectivity index (χ4v) is 2.74. The summed E-state index contributed by atoms with van der Waals surface area (Å²) in [6, 6.07) is -0.371. The lowest BCUT2D eigenvalue weighted by molar-refractivity contribution is 0.0697. The minimum Gasteiger partial charge on any atom is -0.478 e. The molecular weight excluding hydrogens is 284 g/mol. The van der Waals surface area contributed by atoms with E-state index in [-0.39, 0.29) is 11.6 Å². The third-order valence-corrected chi connectivity index (χ3v) is 4.87. The molecule has 0 fully saturated rings. The molecule has 7 heteroatoms. The zero-order valence-corrected chi connectivity index (χ0v) is 13.0. The van der Waals surface area contributed by atoms with Crippen LogP contribution in [0.25, 0.3) is 0 Å². The zero-order valence-electron chi connectivity index (χ0n) is 11.4. The van der Waals surface area contributed by atoms with E-state index in [1.165, 1.54) is 11.3 Å². The van der Waals surface area contributed by atoms with Crippen molar-refractivity contribution >= 4 is 40.1 Å². The van der Waals surface area contributed by atoms with Crippen molar-refractivity contribution in [1.82, 2.24) is 5.32 Å². The van der Waals surface area contributed by atoms with Gasteiger partial charge in [-0.25, -0.2) is 9.59 Å². The van der Waals surface area contributed by atoms with Gasteiger partial charge in [0.1, 0.15) is 5.00 Å². The molecule has 1 unspecified atom stereocenters. The smallest absolute Gasteiger partial charge is 0.338 e. The molecule has 0 radical (unpaired) electrons. The minimum atomic E-state index is -1.02. The number of aromatic carboxylic acids is 1. The van der Waals surface area contributed by atoms with E-state index in [4.69, 9.17) is 5.11 Å². The van der Waals surface area contributed by atoms with Crippen LogP contribution in [0, 0.1) is 13.8 Å². The number of carboxylic acid groups (broad SMARTS) is 1. The van der Waals surface area contributed by atoms with Gasteiger partial charge in [0, 0.05) is 16.7 Å². The molecule has 0 spiro atoms. The van der Waals surface area contributed by atoms with E-state index in [1.54, 1.807) is 18.7 Å². The van der Waals surface area contributed by atoms with Gasteiger partial charge in [0.15, 0.2) is 0 Å². The van der Waals surface area contributed by atoms with Crippen LogP contribution in [0.3, 0.4) is 0 Å². The second-order valence-corrected chi connectivity index (χ2v) is 6.67. The molecule has 1 atom stereocenters. The third-order valence-electron chi connectivity index (χ3n) is 2.78. The highest BCUT2D eigenvalue weighted by Gasteiger charge is 2.20. The van der Waals surface area contributed by atoms with Crippen LogP contribution in [-0.2, 0) is 0 Å². The number of aryl methyl sites for hydroxylation is 1. The molecule has 3 N–H and O–H groups in total. The van der Waals surface area contributed by atoms with Gasteiger partial charge in [0.2, 0.25) is 0 Å². The molecule has 1 heterocycles. The number of hydrogen-bond acceptors (Lipinski definition) is 4. The van der Waals surface area contributed by atoms with Crippen LogP contribution in [0.4, 0.5) is 9.80 Å². The van der Waals surface area contributed by atoms with Crippen molar-refractivity contribution in [3.63, 3.8) is 0 Å². The van der Waals surface area contributed by atoms with Crippen molar-refractivity contribution in [3.8, 4) is 0 Å². The van der Waals surface area contributed by atoms with Crippen molar-refractivity contribution in [1.29, 1.82) is 0 Å². The average Bonchev–Trinajstić information content (AvgIpc) is 2.61. The molecule has 1 aromatic heterocycles. The Bertz CT molecular complexity index is 486. The molecule has 2 amide bonds. The van der Waals surface area contributed by atoms with Gasteiger partial charge in [-0.3, -0.25) is 5.32 Å². The normalized spacial score (nSPS) is 12.0. The van der Waals surface area contributed by atoms with Crippen molar-refractivity contribution in [2.45, 2.75) is 26.0 Å². The van der Waals surface area contributed by atoms with Crippen molar-refractivity contribution < 1.29 is 14.7 Å². The average molecular weight is 302 g/mol. The third kappa shape index (κ3) is 4.14. The first-order valence-electron chi connectivity index (χ1n) is 5.77. The van der Waals surface area contributed by atoms with Crippen LogP contribution in [0.15, 0.2) is 0 Å². The molecular formula is C12H18N2O3S2. The highest BCUT2D eigenvalue weighted by atomic mass is 32.2. The first-order valence-corrected chi connectivity index (χ1v) is 7.88. The number of carbonyl (C=O) groups is 2. The quantitative estimate of drug-likeness (QED) is 0.781. The fraction of sp³-hybridized carbons (Fsp3) is 0.500. The van der Waals surface area contributed by atoms with Gasteiger partial charge < -0.3 is 10.4 Å². The summed E-state index contributed by atoms with van der Waals surface area (Å²) in [5.74, 6) is -1.02. The Labute approximate surface area is 120 Å². The summed E-state index contributed by atoms with van der Waals surface area (Å²) in [7, 11) is 0. The summed E-state index contributed by atoms with van der Waals surface area (Å²) in [6.07, 6.45) is 1.97. The Morgan fingerprint density at radius 2 is 2.05 bits per heavy atom. The van der Waals surface area contributed by atoms with E-state index >= 15 is 0 Å². The number of rotatable bonds is 5. The molecule has 0 aliphatic heterocycles. The topological polar surface area (TPSA) is 78.4 Å². The Morgan fingerprint density at radius 3 is 2.58 bits per heavy atom. The SMILES string of the molecule is CSC(C)CNC(=O)Nc1sc(C)c(C)c1C(=O)O. The summed E-state index contributed by atoms with van der Waals surface area (Å²) in [5.41, 5.74) is 0.876. The number of carboxylic acids is 1. The molecule has 0 bridgehead atoms. The fourth-order valence-electron chi connectivity index (χ4n) is 1.44. The first kappa shape index (κ1) is 15.8. The van der Waals surface area contributed by atoms with Crippen LogP contribution >= 0.6 is 23.1 Å². The Kier molecular flexibility index (Phi) is 5.68. The number of thiophene rings is 1. The Balaban J connectivity index is 2.74. The van der Waals surface area contributed by atoms with E-state index in [9.17, 15) is 9.59 Å². The van der Waals surface area contributed by atoms with Crippen LogP contribution in [0.5, 0.6) is 0 Å². The van der Waals surface area contributed by atoms with E-state index in [1.807, 2.05) is 20.1 Å². The van der Waals surface area contributed by atoms with Crippen LogP contribution < -0.4 is 10.6 Å². The highest BCUT2D eigenvalue weighted by Crippen LogP contribution is 2.32. The number of thioether (sulfide) groups is 1. The van der Waals surface area contributed by atoms with E-state index in [2.05, 4.69) is 10.6 Å². The van der Waals surface area contributed by atoms with Crippen LogP contribution in [-0.4, -0.2) is 35.2 Å². The van der Waals surface area contributed by atoms with E-state index < -0.39 is 5.97 Å². The van der Waals surface area contributed by atoms with E-state index in [0.717, 1.165) is 4.88 Å². The Morgan fingerprint density at radius 1 is 1.42 bits per heavy atom. The summed E-state index contributed by atoms with van der Waals surface area (Å²) in [5, 5.41) is 15.2. The highest BCUT2D eigenvalue weighted by molar-refractivity contribution is 7.99. The van der Waals surface area contributed by atoms with Gasteiger partial charge in [0.25, 0.3) is 0 Å². The van der Waals surface area contributed by atoms with Gasteiger partial charge in [-0.05, 0) is 25.7 Å². The van der Waals surface area contributed by atoms with E-state index in [0.29, 0.717) is 22.4 Å². The molecule has 0 aromatic carbocycles. The molecule has 0 aliphatic rings. The maximum atomic E-state index is 11.7. The molecule has 0 saturated carbocycles. The van der Waals surface area contributed by atoms with Gasteiger partial charge >= 0.3 is 12.0 Å². The lowest BCUT2D eigenvalue weighted by Crippen LogP contribution is -2.33. The van der Waals surface area contributed by atoms with Gasteiger partial charge in [-0.2, -0.15) is 11.8 Å². The lowest BCUT2D eigenvalue weighted by Gasteiger charge is -2.10. The second kappa shape index (κ2) is 6.81. The monoisotopic (exact) mass is 302 g/mol. The predicted molar refractivity (Wildman–Crippen MR) is 80.8 cm³/mol. The summed E-state index contributed by atoms with van der Waals surface area (Å²) in [6.45, 7) is 6.13. The van der Waals surface area contributed by atoms with Crippen molar-refractivity contribution in [2.75, 3.05) is 18.1 Å². The first-order chi connectivity index (χ1) is 8.86. The predicted octanol–water partition coefficient (Wildman–Crippen LogP) is 2.94. The summed E-state index contributed by atoms with van der Waals surface area (Å²) >= 11 is 2.93. The lowest BCUT2D eigenvalue weighted by atomic mass is 10.1. The standard InChI is InChI=1S/C12H18N2O3S2/c1-6(18-4)5-13-12(17)14-10-9(11(15)16)7(2)8(3)19-10/h6H,5H2,1-4H3,(H,15,16)(H2,13,14,17). The zero-order chi connectivity index (χ0) is 14.6. The molecule has 106 valence electrons. The largest absolute Gasteiger partial charge is 0.478 e. The van der Waals surface area contributed by atoms with Gasteiger partial charge in [-0.15, -0.1) is 11.3 Å². The molecule has 1 rings (SSSR count). The molecule has 0 aliphatic carbocycles. The molecule has 5 nitrogen and oxygen atoms in total. The van der Waals surface area contributed by atoms with Gasteiger partial charge in [0.05, 0.1) is 5.56 Å². The number of anilines is 1. The van der Waals surface area contributed by atoms with Crippen molar-refractivity contribution in [2.24, 2.45) is 0 Å². The number of carbonyl (C=O) groups excluding carboxylic acids is 1. The second-order valence-electron chi connectivity index (χ2n) is 4.17. The number of urea groups is 1. The van der Waals surface area contributed by atoms with Crippen LogP contribution in [0.1, 0.15) is 27.7 Å². The van der Waals surface area contributed by atoms with Crippen molar-refractivity contribution in [3.05, 3.63) is 16.0 Å². The number of hydrogen-bond donors (Lipinski definition) is 3. The molecule has 0 saturated heterocycles. The maximum Gasteiger partial charge on any atom is 0.338 e. The van der Waals surface area contributed by atoms with Crippen LogP contribution in [0.2, 0.25) is 0 Å². The molecule has 19 heavy (non-hydrogen) atoms. The number of amides is 2. The summed E-state index contributed by atoms with van der Waals surface area (Å²) in [4.78, 5) is 23.8. The number of nitrogens with one attached hydrogen (secondary N) is 2. The Hall–Kier alpha value is -1.21. The molecule has 1 aromatic rings. The minimum absolute atomic E-state index is 0.176. The summed E-state index contributed by atoms with van der Waals surface area (Å²) < 4.78 is 0.